The molecule has 0 aliphatic heterocycles. The summed E-state index contributed by atoms with van der Waals surface area (Å²) in [5.74, 6) is 1.01. The van der Waals surface area contributed by atoms with Gasteiger partial charge in [-0.1, -0.05) is 11.3 Å². The summed E-state index contributed by atoms with van der Waals surface area (Å²) in [5.41, 5.74) is 1.09. The minimum absolute atomic E-state index is 0.123. The fraction of sp³-hybridized carbons (Fsp3) is 0.294. The largest absolute Gasteiger partial charge is 0.487 e. The van der Waals surface area contributed by atoms with Crippen molar-refractivity contribution in [3.05, 3.63) is 51.4 Å². The van der Waals surface area contributed by atoms with Crippen LogP contribution in [-0.2, 0) is 11.4 Å². The molecule has 1 N–H and O–H groups in total. The standard InChI is InChI=1S/C17H16N4O3S/c1-10(22)18-12-4-6-14(7-5-12)24-9-13-8-15(23)21-17(19-13)25-16(20-21)11-2-3-11/h4-8,11H,2-3,9H2,1H3,(H,18,22). The fourth-order valence-corrected chi connectivity index (χ4v) is 3.53. The summed E-state index contributed by atoms with van der Waals surface area (Å²) in [5, 5.41) is 8.03. The number of rotatable bonds is 5. The highest BCUT2D eigenvalue weighted by atomic mass is 32.1. The van der Waals surface area contributed by atoms with Crippen molar-refractivity contribution in [2.45, 2.75) is 32.3 Å². The summed E-state index contributed by atoms with van der Waals surface area (Å²) >= 11 is 1.47. The van der Waals surface area contributed by atoms with Gasteiger partial charge in [0.2, 0.25) is 10.9 Å². The third kappa shape index (κ3) is 3.53. The van der Waals surface area contributed by atoms with Gasteiger partial charge >= 0.3 is 0 Å². The Balaban J connectivity index is 1.48. The maximum atomic E-state index is 12.2. The smallest absolute Gasteiger partial charge is 0.275 e. The molecule has 3 aromatic rings. The second-order valence-electron chi connectivity index (χ2n) is 5.99. The van der Waals surface area contributed by atoms with Gasteiger partial charge in [0.25, 0.3) is 5.56 Å². The van der Waals surface area contributed by atoms with E-state index in [1.165, 1.54) is 28.8 Å². The number of ether oxygens (including phenoxy) is 1. The number of carbonyl (C=O) groups excluding carboxylic acids is 1. The second kappa shape index (κ2) is 6.29. The van der Waals surface area contributed by atoms with Crippen LogP contribution in [-0.4, -0.2) is 20.5 Å². The van der Waals surface area contributed by atoms with Crippen molar-refractivity contribution in [3.63, 3.8) is 0 Å². The Labute approximate surface area is 147 Å². The molecule has 8 heteroatoms. The van der Waals surface area contributed by atoms with Crippen LogP contribution in [0.5, 0.6) is 5.75 Å². The van der Waals surface area contributed by atoms with Gasteiger partial charge < -0.3 is 10.1 Å². The van der Waals surface area contributed by atoms with Crippen molar-refractivity contribution in [1.29, 1.82) is 0 Å². The topological polar surface area (TPSA) is 85.6 Å². The van der Waals surface area contributed by atoms with Gasteiger partial charge in [0.1, 0.15) is 17.4 Å². The van der Waals surface area contributed by atoms with E-state index in [1.807, 2.05) is 0 Å². The summed E-state index contributed by atoms with van der Waals surface area (Å²) in [7, 11) is 0. The molecule has 2 heterocycles. The van der Waals surface area contributed by atoms with Gasteiger partial charge in [-0.2, -0.15) is 9.61 Å². The molecule has 128 valence electrons. The molecule has 0 saturated heterocycles. The Morgan fingerprint density at radius 2 is 2.12 bits per heavy atom. The van der Waals surface area contributed by atoms with Crippen LogP contribution in [0.25, 0.3) is 4.96 Å². The van der Waals surface area contributed by atoms with Crippen LogP contribution in [0.4, 0.5) is 5.69 Å². The van der Waals surface area contributed by atoms with Gasteiger partial charge in [-0.3, -0.25) is 9.59 Å². The number of hydrogen-bond acceptors (Lipinski definition) is 6. The third-order valence-corrected chi connectivity index (χ3v) is 4.87. The first-order valence-corrected chi connectivity index (χ1v) is 8.80. The molecule has 7 nitrogen and oxygen atoms in total. The van der Waals surface area contributed by atoms with Crippen molar-refractivity contribution in [1.82, 2.24) is 14.6 Å². The van der Waals surface area contributed by atoms with Crippen LogP contribution < -0.4 is 15.6 Å². The molecule has 0 radical (unpaired) electrons. The lowest BCUT2D eigenvalue weighted by Gasteiger charge is -2.07. The molecule has 0 unspecified atom stereocenters. The molecule has 4 rings (SSSR count). The van der Waals surface area contributed by atoms with E-state index in [0.717, 1.165) is 17.8 Å². The van der Waals surface area contributed by atoms with Crippen LogP contribution in [0.2, 0.25) is 0 Å². The number of nitrogens with one attached hydrogen (secondary N) is 1. The Hall–Kier alpha value is -2.74. The normalized spacial score (nSPS) is 13.8. The molecule has 1 aromatic carbocycles. The first kappa shape index (κ1) is 15.8. The Kier molecular flexibility index (Phi) is 3.96. The summed E-state index contributed by atoms with van der Waals surface area (Å²) in [6.07, 6.45) is 2.28. The summed E-state index contributed by atoms with van der Waals surface area (Å²) < 4.78 is 7.05. The highest BCUT2D eigenvalue weighted by molar-refractivity contribution is 7.16. The predicted molar refractivity (Wildman–Crippen MR) is 94.2 cm³/mol. The summed E-state index contributed by atoms with van der Waals surface area (Å²) in [6.45, 7) is 1.65. The van der Waals surface area contributed by atoms with Gasteiger partial charge in [0, 0.05) is 24.6 Å². The molecule has 1 aliphatic rings. The molecule has 1 fully saturated rings. The first-order chi connectivity index (χ1) is 12.1. The van der Waals surface area contributed by atoms with Crippen LogP contribution in [0.15, 0.2) is 35.1 Å². The van der Waals surface area contributed by atoms with E-state index in [0.29, 0.717) is 28.0 Å². The molecular weight excluding hydrogens is 340 g/mol. The van der Waals surface area contributed by atoms with Gasteiger partial charge in [0.05, 0.1) is 5.69 Å². The van der Waals surface area contributed by atoms with Crippen molar-refractivity contribution in [2.75, 3.05) is 5.32 Å². The first-order valence-electron chi connectivity index (χ1n) is 7.98. The van der Waals surface area contributed by atoms with Crippen molar-refractivity contribution in [2.24, 2.45) is 0 Å². The Morgan fingerprint density at radius 3 is 2.80 bits per heavy atom. The summed E-state index contributed by atoms with van der Waals surface area (Å²) in [6, 6.07) is 8.48. The average molecular weight is 356 g/mol. The number of anilines is 1. The van der Waals surface area contributed by atoms with Crippen molar-refractivity contribution < 1.29 is 9.53 Å². The molecule has 1 amide bonds. The monoisotopic (exact) mass is 356 g/mol. The van der Waals surface area contributed by atoms with Crippen molar-refractivity contribution >= 4 is 27.9 Å². The molecule has 0 spiro atoms. The number of hydrogen-bond donors (Lipinski definition) is 1. The number of fused-ring (bicyclic) bond motifs is 1. The van der Waals surface area contributed by atoms with E-state index in [9.17, 15) is 9.59 Å². The van der Waals surface area contributed by atoms with E-state index in [1.54, 1.807) is 24.3 Å². The van der Waals surface area contributed by atoms with Crippen LogP contribution >= 0.6 is 11.3 Å². The number of nitrogens with zero attached hydrogens (tertiary/aromatic N) is 3. The summed E-state index contributed by atoms with van der Waals surface area (Å²) in [4.78, 5) is 28.3. The average Bonchev–Trinajstić information content (AvgIpc) is 3.33. The van der Waals surface area contributed by atoms with Gasteiger partial charge in [-0.05, 0) is 37.1 Å². The maximum absolute atomic E-state index is 12.2. The maximum Gasteiger partial charge on any atom is 0.275 e. The van der Waals surface area contributed by atoms with Crippen LogP contribution in [0, 0.1) is 0 Å². The quantitative estimate of drug-likeness (QED) is 0.759. The lowest BCUT2D eigenvalue weighted by molar-refractivity contribution is -0.114. The van der Waals surface area contributed by atoms with E-state index in [-0.39, 0.29) is 18.1 Å². The van der Waals surface area contributed by atoms with Gasteiger partial charge in [0.15, 0.2) is 0 Å². The molecule has 2 aromatic heterocycles. The zero-order chi connectivity index (χ0) is 17.4. The molecular formula is C17H16N4O3S. The fourth-order valence-electron chi connectivity index (χ4n) is 2.44. The molecule has 25 heavy (non-hydrogen) atoms. The SMILES string of the molecule is CC(=O)Nc1ccc(OCc2cc(=O)n3nc(C4CC4)sc3n2)cc1. The number of amides is 1. The van der Waals surface area contributed by atoms with E-state index >= 15 is 0 Å². The molecule has 1 saturated carbocycles. The van der Waals surface area contributed by atoms with Crippen LogP contribution in [0.3, 0.4) is 0 Å². The second-order valence-corrected chi connectivity index (χ2v) is 6.98. The molecule has 0 bridgehead atoms. The lowest BCUT2D eigenvalue weighted by Crippen LogP contribution is -2.16. The van der Waals surface area contributed by atoms with Gasteiger partial charge in [-0.15, -0.1) is 0 Å². The highest BCUT2D eigenvalue weighted by Crippen LogP contribution is 2.41. The Morgan fingerprint density at radius 1 is 1.36 bits per heavy atom. The predicted octanol–water partition coefficient (Wildman–Crippen LogP) is 2.57. The van der Waals surface area contributed by atoms with E-state index in [4.69, 9.17) is 4.74 Å². The lowest BCUT2D eigenvalue weighted by atomic mass is 10.3. The van der Waals surface area contributed by atoms with Crippen LogP contribution in [0.1, 0.15) is 36.4 Å². The minimum Gasteiger partial charge on any atom is -0.487 e. The number of aromatic nitrogens is 3. The molecule has 0 atom stereocenters. The van der Waals surface area contributed by atoms with E-state index < -0.39 is 0 Å². The number of carbonyl (C=O) groups is 1. The number of benzene rings is 1. The highest BCUT2D eigenvalue weighted by Gasteiger charge is 2.28. The van der Waals surface area contributed by atoms with Crippen molar-refractivity contribution in [3.8, 4) is 5.75 Å². The third-order valence-electron chi connectivity index (χ3n) is 3.80. The Bertz CT molecular complexity index is 989. The zero-order valence-electron chi connectivity index (χ0n) is 13.6. The zero-order valence-corrected chi connectivity index (χ0v) is 14.4. The van der Waals surface area contributed by atoms with E-state index in [2.05, 4.69) is 15.4 Å². The minimum atomic E-state index is -0.187. The van der Waals surface area contributed by atoms with Gasteiger partial charge in [-0.25, -0.2) is 4.98 Å². The molecule has 1 aliphatic carbocycles.